The van der Waals surface area contributed by atoms with Crippen molar-refractivity contribution in [3.05, 3.63) is 11.4 Å². The van der Waals surface area contributed by atoms with E-state index in [2.05, 4.69) is 17.2 Å². The number of hydrogen-bond donors (Lipinski definition) is 1. The third-order valence-electron chi connectivity index (χ3n) is 3.66. The molecule has 106 valence electrons. The Balaban J connectivity index is 1.99. The van der Waals surface area contributed by atoms with Crippen LogP contribution in [0.3, 0.4) is 0 Å². The zero-order valence-corrected chi connectivity index (χ0v) is 11.8. The van der Waals surface area contributed by atoms with Gasteiger partial charge in [0.1, 0.15) is 0 Å². The van der Waals surface area contributed by atoms with Gasteiger partial charge < -0.3 is 5.73 Å². The average Bonchev–Trinajstić information content (AvgIpc) is 3.11. The third kappa shape index (κ3) is 4.33. The number of rotatable bonds is 9. The van der Waals surface area contributed by atoms with E-state index in [1.165, 1.54) is 32.1 Å². The maximum absolute atomic E-state index is 11.1. The summed E-state index contributed by atoms with van der Waals surface area (Å²) in [7, 11) is 0. The van der Waals surface area contributed by atoms with Crippen LogP contribution in [0.1, 0.15) is 56.8 Å². The smallest absolute Gasteiger partial charge is 0.223 e. The molecule has 5 nitrogen and oxygen atoms in total. The first-order valence-electron chi connectivity index (χ1n) is 7.40. The molecule has 2 N–H and O–H groups in total. The van der Waals surface area contributed by atoms with Crippen molar-refractivity contribution >= 4 is 5.91 Å². The lowest BCUT2D eigenvalue weighted by Gasteiger charge is -2.07. The van der Waals surface area contributed by atoms with Crippen LogP contribution in [0.5, 0.6) is 0 Å². The summed E-state index contributed by atoms with van der Waals surface area (Å²) in [6, 6.07) is 0. The molecule has 0 aromatic carbocycles. The minimum atomic E-state index is -0.324. The molecule has 0 unspecified atom stereocenters. The molecular formula is C14H24N4O. The summed E-state index contributed by atoms with van der Waals surface area (Å²) in [5.41, 5.74) is 7.20. The van der Waals surface area contributed by atoms with Crippen molar-refractivity contribution < 1.29 is 4.79 Å². The van der Waals surface area contributed by atoms with Gasteiger partial charge in [0.2, 0.25) is 5.91 Å². The minimum Gasteiger partial charge on any atom is -0.369 e. The molecule has 1 fully saturated rings. The molecule has 0 bridgehead atoms. The van der Waals surface area contributed by atoms with Crippen molar-refractivity contribution in [2.24, 2.45) is 11.7 Å². The number of aryl methyl sites for hydroxylation is 1. The highest BCUT2D eigenvalue weighted by atomic mass is 16.1. The third-order valence-corrected chi connectivity index (χ3v) is 3.66. The van der Waals surface area contributed by atoms with E-state index >= 15 is 0 Å². The van der Waals surface area contributed by atoms with Crippen molar-refractivity contribution in [1.29, 1.82) is 0 Å². The van der Waals surface area contributed by atoms with Gasteiger partial charge in [-0.3, -0.25) is 4.79 Å². The van der Waals surface area contributed by atoms with Gasteiger partial charge in [-0.2, -0.15) is 0 Å². The first-order chi connectivity index (χ1) is 9.20. The molecule has 0 aliphatic heterocycles. The van der Waals surface area contributed by atoms with Gasteiger partial charge in [0.15, 0.2) is 0 Å². The molecular weight excluding hydrogens is 240 g/mol. The van der Waals surface area contributed by atoms with Crippen LogP contribution >= 0.6 is 0 Å². The molecule has 0 radical (unpaired) electrons. The van der Waals surface area contributed by atoms with Crippen LogP contribution < -0.4 is 5.73 Å². The standard InChI is InChI=1S/C14H24N4O/c1-2-3-4-5-8-18-13(9-11-6-7-11)12(16-17-18)10-14(15)19/h11H,2-10H2,1H3,(H2,15,19). The zero-order chi connectivity index (χ0) is 13.7. The van der Waals surface area contributed by atoms with Gasteiger partial charge in [0, 0.05) is 6.54 Å². The number of nitrogens with two attached hydrogens (primary N) is 1. The summed E-state index contributed by atoms with van der Waals surface area (Å²) >= 11 is 0. The lowest BCUT2D eigenvalue weighted by molar-refractivity contribution is -0.117. The van der Waals surface area contributed by atoms with Gasteiger partial charge in [-0.05, 0) is 31.6 Å². The molecule has 0 spiro atoms. The monoisotopic (exact) mass is 264 g/mol. The number of amides is 1. The predicted molar refractivity (Wildman–Crippen MR) is 73.5 cm³/mol. The molecule has 1 aliphatic rings. The predicted octanol–water partition coefficient (Wildman–Crippen LogP) is 1.84. The fourth-order valence-electron chi connectivity index (χ4n) is 2.36. The van der Waals surface area contributed by atoms with Gasteiger partial charge in [-0.25, -0.2) is 4.68 Å². The van der Waals surface area contributed by atoms with Gasteiger partial charge in [0.05, 0.1) is 17.8 Å². The van der Waals surface area contributed by atoms with Crippen LogP contribution in [-0.4, -0.2) is 20.9 Å². The second kappa shape index (κ2) is 6.68. The van der Waals surface area contributed by atoms with Gasteiger partial charge in [-0.15, -0.1) is 5.10 Å². The van der Waals surface area contributed by atoms with Gasteiger partial charge in [0.25, 0.3) is 0 Å². The highest BCUT2D eigenvalue weighted by Crippen LogP contribution is 2.33. The van der Waals surface area contributed by atoms with Crippen molar-refractivity contribution in [3.63, 3.8) is 0 Å². The van der Waals surface area contributed by atoms with Crippen LogP contribution in [0.15, 0.2) is 0 Å². The van der Waals surface area contributed by atoms with E-state index < -0.39 is 0 Å². The van der Waals surface area contributed by atoms with Gasteiger partial charge >= 0.3 is 0 Å². The molecule has 1 heterocycles. The second-order valence-corrected chi connectivity index (χ2v) is 5.56. The summed E-state index contributed by atoms with van der Waals surface area (Å²) < 4.78 is 1.99. The van der Waals surface area contributed by atoms with Crippen LogP contribution in [0.25, 0.3) is 0 Å². The zero-order valence-electron chi connectivity index (χ0n) is 11.8. The molecule has 0 atom stereocenters. The Labute approximate surface area is 114 Å². The lowest BCUT2D eigenvalue weighted by Crippen LogP contribution is -2.16. The first kappa shape index (κ1) is 14.0. The van der Waals surface area contributed by atoms with Crippen molar-refractivity contribution in [1.82, 2.24) is 15.0 Å². The summed E-state index contributed by atoms with van der Waals surface area (Å²) in [4.78, 5) is 11.1. The summed E-state index contributed by atoms with van der Waals surface area (Å²) in [5, 5.41) is 8.35. The quantitative estimate of drug-likeness (QED) is 0.692. The fourth-order valence-corrected chi connectivity index (χ4v) is 2.36. The van der Waals surface area contributed by atoms with Gasteiger partial charge in [-0.1, -0.05) is 31.4 Å². The van der Waals surface area contributed by atoms with E-state index in [0.717, 1.165) is 36.7 Å². The molecule has 5 heteroatoms. The average molecular weight is 264 g/mol. The van der Waals surface area contributed by atoms with E-state index in [1.807, 2.05) is 4.68 Å². The normalized spacial score (nSPS) is 14.8. The van der Waals surface area contributed by atoms with Crippen molar-refractivity contribution in [2.45, 2.75) is 64.8 Å². The van der Waals surface area contributed by atoms with E-state index in [0.29, 0.717) is 0 Å². The molecule has 1 amide bonds. The molecule has 0 saturated heterocycles. The molecule has 1 aromatic rings. The van der Waals surface area contributed by atoms with E-state index in [9.17, 15) is 4.79 Å². The number of nitrogens with zero attached hydrogens (tertiary/aromatic N) is 3. The number of unbranched alkanes of at least 4 members (excludes halogenated alkanes) is 3. The van der Waals surface area contributed by atoms with E-state index in [1.54, 1.807) is 0 Å². The second-order valence-electron chi connectivity index (χ2n) is 5.56. The summed E-state index contributed by atoms with van der Waals surface area (Å²) in [6.45, 7) is 3.12. The number of primary amides is 1. The summed E-state index contributed by atoms with van der Waals surface area (Å²) in [5.74, 6) is 0.439. The Bertz CT molecular complexity index is 423. The van der Waals surface area contributed by atoms with Crippen molar-refractivity contribution in [2.75, 3.05) is 0 Å². The first-order valence-corrected chi connectivity index (χ1v) is 7.40. The van der Waals surface area contributed by atoms with Crippen LogP contribution in [-0.2, 0) is 24.2 Å². The maximum Gasteiger partial charge on any atom is 0.223 e. The number of carbonyl (C=O) groups is 1. The Morgan fingerprint density at radius 2 is 2.16 bits per heavy atom. The van der Waals surface area contributed by atoms with Crippen LogP contribution in [0.4, 0.5) is 0 Å². The fraction of sp³-hybridized carbons (Fsp3) is 0.786. The summed E-state index contributed by atoms with van der Waals surface area (Å²) in [6.07, 6.45) is 8.66. The Hall–Kier alpha value is -1.39. The Morgan fingerprint density at radius 3 is 2.79 bits per heavy atom. The van der Waals surface area contributed by atoms with E-state index in [4.69, 9.17) is 5.73 Å². The van der Waals surface area contributed by atoms with Crippen molar-refractivity contribution in [3.8, 4) is 0 Å². The van der Waals surface area contributed by atoms with E-state index in [-0.39, 0.29) is 12.3 Å². The molecule has 1 saturated carbocycles. The molecule has 2 rings (SSSR count). The van der Waals surface area contributed by atoms with Crippen LogP contribution in [0.2, 0.25) is 0 Å². The highest BCUT2D eigenvalue weighted by molar-refractivity contribution is 5.76. The molecule has 19 heavy (non-hydrogen) atoms. The highest BCUT2D eigenvalue weighted by Gasteiger charge is 2.26. The Kier molecular flexibility index (Phi) is 4.93. The largest absolute Gasteiger partial charge is 0.369 e. The SMILES string of the molecule is CCCCCCn1nnc(CC(N)=O)c1CC1CC1. The number of carbonyl (C=O) groups excluding carboxylic acids is 1. The lowest BCUT2D eigenvalue weighted by atomic mass is 10.1. The molecule has 1 aliphatic carbocycles. The topological polar surface area (TPSA) is 73.8 Å². The minimum absolute atomic E-state index is 0.219. The number of aromatic nitrogens is 3. The molecule has 1 aromatic heterocycles. The maximum atomic E-state index is 11.1. The number of hydrogen-bond acceptors (Lipinski definition) is 3. The van der Waals surface area contributed by atoms with Crippen LogP contribution in [0, 0.1) is 5.92 Å². The Morgan fingerprint density at radius 1 is 1.37 bits per heavy atom.